The number of fused-ring (bicyclic) bond motifs is 3. The van der Waals surface area contributed by atoms with E-state index in [0.717, 1.165) is 44.4 Å². The van der Waals surface area contributed by atoms with Gasteiger partial charge in [0.2, 0.25) is 0 Å². The molecule has 2 aromatic heterocycles. The van der Waals surface area contributed by atoms with Crippen LogP contribution in [-0.2, 0) is 29.9 Å². The van der Waals surface area contributed by atoms with Gasteiger partial charge in [-0.05, 0) is 42.9 Å². The molecule has 1 saturated heterocycles. The normalized spacial score (nSPS) is 17.3. The van der Waals surface area contributed by atoms with Gasteiger partial charge in [-0.3, -0.25) is 0 Å². The summed E-state index contributed by atoms with van der Waals surface area (Å²) in [7, 11) is 0. The fourth-order valence-corrected chi connectivity index (χ4v) is 6.66. The molecule has 4 nitrogen and oxygen atoms in total. The summed E-state index contributed by atoms with van der Waals surface area (Å²) in [5.74, 6) is 1.96. The highest BCUT2D eigenvalue weighted by molar-refractivity contribution is 7.98. The SMILES string of the molecule is Cc1ccccc1CSc1nc(C[NH+]2CCOCC2)nc2sc3c(c12)CCC3. The van der Waals surface area contributed by atoms with Gasteiger partial charge in [0.25, 0.3) is 0 Å². The van der Waals surface area contributed by atoms with Crippen LogP contribution < -0.4 is 4.90 Å². The lowest BCUT2D eigenvalue weighted by Gasteiger charge is -2.23. The van der Waals surface area contributed by atoms with Crippen molar-refractivity contribution in [3.63, 3.8) is 0 Å². The summed E-state index contributed by atoms with van der Waals surface area (Å²) in [6.07, 6.45) is 3.67. The van der Waals surface area contributed by atoms with E-state index < -0.39 is 0 Å². The van der Waals surface area contributed by atoms with Crippen LogP contribution in [0.25, 0.3) is 10.2 Å². The third kappa shape index (κ3) is 3.71. The Bertz CT molecular complexity index is 995. The fraction of sp³-hybridized carbons (Fsp3) is 0.455. The smallest absolute Gasteiger partial charge is 0.186 e. The number of nitrogens with one attached hydrogen (secondary N) is 1. The molecule has 146 valence electrons. The molecule has 0 saturated carbocycles. The van der Waals surface area contributed by atoms with Crippen molar-refractivity contribution in [3.8, 4) is 0 Å². The molecule has 1 aromatic carbocycles. The number of quaternary nitrogens is 1. The van der Waals surface area contributed by atoms with E-state index in [1.165, 1.54) is 61.0 Å². The van der Waals surface area contributed by atoms with Gasteiger partial charge >= 0.3 is 0 Å². The molecule has 1 aliphatic heterocycles. The van der Waals surface area contributed by atoms with E-state index in [0.29, 0.717) is 0 Å². The molecule has 3 aromatic rings. The van der Waals surface area contributed by atoms with Crippen LogP contribution in [-0.4, -0.2) is 36.3 Å². The standard InChI is InChI=1S/C22H25N3OS2/c1-15-5-2-3-6-16(15)14-27-21-20-17-7-4-8-18(17)28-22(20)24-19(23-21)13-25-9-11-26-12-10-25/h2-3,5-6H,4,7-14H2,1H3/p+1. The summed E-state index contributed by atoms with van der Waals surface area (Å²) in [6, 6.07) is 8.67. The van der Waals surface area contributed by atoms with Gasteiger partial charge in [0, 0.05) is 16.0 Å². The number of morpholine rings is 1. The Morgan fingerprint density at radius 3 is 2.86 bits per heavy atom. The first-order valence-corrected chi connectivity index (χ1v) is 12.0. The molecule has 5 rings (SSSR count). The zero-order valence-corrected chi connectivity index (χ0v) is 17.9. The number of aromatic nitrogens is 2. The lowest BCUT2D eigenvalue weighted by atomic mass is 10.1. The molecular formula is C22H26N3OS2+. The van der Waals surface area contributed by atoms with Gasteiger partial charge in [-0.2, -0.15) is 0 Å². The number of nitrogens with zero attached hydrogens (tertiary/aromatic N) is 2. The van der Waals surface area contributed by atoms with Crippen LogP contribution in [0.4, 0.5) is 0 Å². The van der Waals surface area contributed by atoms with Gasteiger partial charge < -0.3 is 9.64 Å². The molecule has 0 spiro atoms. The summed E-state index contributed by atoms with van der Waals surface area (Å²) in [5.41, 5.74) is 4.28. The van der Waals surface area contributed by atoms with E-state index in [4.69, 9.17) is 14.7 Å². The zero-order chi connectivity index (χ0) is 18.9. The van der Waals surface area contributed by atoms with E-state index in [1.807, 2.05) is 23.1 Å². The lowest BCUT2D eigenvalue weighted by Crippen LogP contribution is -3.12. The monoisotopic (exact) mass is 412 g/mol. The summed E-state index contributed by atoms with van der Waals surface area (Å²) < 4.78 is 5.51. The van der Waals surface area contributed by atoms with Crippen molar-refractivity contribution in [1.82, 2.24) is 9.97 Å². The van der Waals surface area contributed by atoms with Gasteiger partial charge in [-0.25, -0.2) is 9.97 Å². The zero-order valence-electron chi connectivity index (χ0n) is 16.3. The van der Waals surface area contributed by atoms with Gasteiger partial charge in [-0.1, -0.05) is 24.3 Å². The molecule has 0 unspecified atom stereocenters. The molecular weight excluding hydrogens is 386 g/mol. The minimum absolute atomic E-state index is 0.847. The highest BCUT2D eigenvalue weighted by atomic mass is 32.2. The molecule has 1 fully saturated rings. The molecule has 0 radical (unpaired) electrons. The van der Waals surface area contributed by atoms with Crippen LogP contribution >= 0.6 is 23.1 Å². The number of benzene rings is 1. The Balaban J connectivity index is 1.48. The Morgan fingerprint density at radius 1 is 1.14 bits per heavy atom. The summed E-state index contributed by atoms with van der Waals surface area (Å²) in [6.45, 7) is 6.89. The van der Waals surface area contributed by atoms with Gasteiger partial charge in [0.1, 0.15) is 29.5 Å². The molecule has 2 aliphatic rings. The average Bonchev–Trinajstić information content (AvgIpc) is 3.29. The van der Waals surface area contributed by atoms with E-state index in [-0.39, 0.29) is 0 Å². The number of thiophene rings is 1. The van der Waals surface area contributed by atoms with E-state index >= 15 is 0 Å². The number of aryl methyl sites for hydroxylation is 3. The van der Waals surface area contributed by atoms with Crippen LogP contribution in [0, 0.1) is 6.92 Å². The number of hydrogen-bond acceptors (Lipinski definition) is 5. The Hall–Kier alpha value is -1.47. The molecule has 1 aliphatic carbocycles. The fourth-order valence-electron chi connectivity index (χ4n) is 4.17. The quantitative estimate of drug-likeness (QED) is 0.516. The Kier molecular flexibility index (Phi) is 5.37. The topological polar surface area (TPSA) is 39.5 Å². The molecule has 0 amide bonds. The maximum absolute atomic E-state index is 5.51. The summed E-state index contributed by atoms with van der Waals surface area (Å²) >= 11 is 3.79. The summed E-state index contributed by atoms with van der Waals surface area (Å²) in [5, 5.41) is 2.53. The van der Waals surface area contributed by atoms with E-state index in [2.05, 4.69) is 31.2 Å². The molecule has 3 heterocycles. The van der Waals surface area contributed by atoms with Gasteiger partial charge in [0.15, 0.2) is 5.82 Å². The number of ether oxygens (including phenoxy) is 1. The van der Waals surface area contributed by atoms with Crippen molar-refractivity contribution in [2.75, 3.05) is 26.3 Å². The van der Waals surface area contributed by atoms with Crippen LogP contribution in [0.15, 0.2) is 29.3 Å². The molecule has 1 N–H and O–H groups in total. The van der Waals surface area contributed by atoms with Gasteiger partial charge in [-0.15, -0.1) is 23.1 Å². The van der Waals surface area contributed by atoms with Crippen molar-refractivity contribution in [1.29, 1.82) is 0 Å². The number of thioether (sulfide) groups is 1. The minimum Gasteiger partial charge on any atom is -0.370 e. The first kappa shape index (κ1) is 18.6. The largest absolute Gasteiger partial charge is 0.370 e. The van der Waals surface area contributed by atoms with Crippen molar-refractivity contribution >= 4 is 33.3 Å². The Morgan fingerprint density at radius 2 is 2.00 bits per heavy atom. The number of hydrogen-bond donors (Lipinski definition) is 1. The van der Waals surface area contributed by atoms with Crippen molar-refractivity contribution in [2.45, 2.75) is 43.5 Å². The Labute approximate surface area is 174 Å². The average molecular weight is 413 g/mol. The van der Waals surface area contributed by atoms with Crippen LogP contribution in [0.2, 0.25) is 0 Å². The maximum Gasteiger partial charge on any atom is 0.186 e. The predicted octanol–water partition coefficient (Wildman–Crippen LogP) is 3.20. The number of rotatable bonds is 5. The maximum atomic E-state index is 5.51. The van der Waals surface area contributed by atoms with Crippen LogP contribution in [0.1, 0.15) is 33.8 Å². The van der Waals surface area contributed by atoms with Crippen LogP contribution in [0.5, 0.6) is 0 Å². The molecule has 6 heteroatoms. The summed E-state index contributed by atoms with van der Waals surface area (Å²) in [4.78, 5) is 14.4. The predicted molar refractivity (Wildman–Crippen MR) is 115 cm³/mol. The first-order valence-electron chi connectivity index (χ1n) is 10.2. The highest BCUT2D eigenvalue weighted by Crippen LogP contribution is 2.41. The van der Waals surface area contributed by atoms with E-state index in [1.54, 1.807) is 0 Å². The van der Waals surface area contributed by atoms with Crippen molar-refractivity contribution in [3.05, 3.63) is 51.7 Å². The first-order chi connectivity index (χ1) is 13.8. The minimum atomic E-state index is 0.847. The third-order valence-electron chi connectivity index (χ3n) is 5.81. The van der Waals surface area contributed by atoms with Crippen LogP contribution in [0.3, 0.4) is 0 Å². The lowest BCUT2D eigenvalue weighted by molar-refractivity contribution is -0.922. The molecule has 0 bridgehead atoms. The van der Waals surface area contributed by atoms with Crippen molar-refractivity contribution < 1.29 is 9.64 Å². The molecule has 0 atom stereocenters. The second kappa shape index (κ2) is 8.11. The van der Waals surface area contributed by atoms with Gasteiger partial charge in [0.05, 0.1) is 13.2 Å². The highest BCUT2D eigenvalue weighted by Gasteiger charge is 2.24. The van der Waals surface area contributed by atoms with E-state index in [9.17, 15) is 0 Å². The third-order valence-corrected chi connectivity index (χ3v) is 8.02. The second-order valence-corrected chi connectivity index (χ2v) is 9.78. The molecule has 28 heavy (non-hydrogen) atoms. The van der Waals surface area contributed by atoms with Crippen molar-refractivity contribution in [2.24, 2.45) is 0 Å². The second-order valence-electron chi connectivity index (χ2n) is 7.74.